The van der Waals surface area contributed by atoms with Crippen LogP contribution in [0.25, 0.3) is 0 Å². The van der Waals surface area contributed by atoms with Gasteiger partial charge in [0.1, 0.15) is 5.69 Å². The van der Waals surface area contributed by atoms with Crippen molar-refractivity contribution in [3.8, 4) is 0 Å². The molecule has 1 aromatic carbocycles. The summed E-state index contributed by atoms with van der Waals surface area (Å²) in [6.45, 7) is 6.18. The first-order valence-electron chi connectivity index (χ1n) is 6.81. The Kier molecular flexibility index (Phi) is 5.11. The van der Waals surface area contributed by atoms with Crippen LogP contribution in [0.1, 0.15) is 13.8 Å². The number of anilines is 1. The second kappa shape index (κ2) is 7.04. The molecule has 0 saturated carbocycles. The third-order valence-electron chi connectivity index (χ3n) is 3.12. The van der Waals surface area contributed by atoms with Gasteiger partial charge in [0.25, 0.3) is 0 Å². The molecule has 1 heterocycles. The van der Waals surface area contributed by atoms with Crippen LogP contribution in [0.3, 0.4) is 0 Å². The van der Waals surface area contributed by atoms with Crippen LogP contribution in [-0.2, 0) is 0 Å². The number of halogens is 1. The lowest BCUT2D eigenvalue weighted by Gasteiger charge is -2.20. The SMILES string of the molecule is CCN(CC)c1ccc(N=Nc2ccc(Cl)c[n+]2O)cc1. The van der Waals surface area contributed by atoms with E-state index < -0.39 is 0 Å². The molecular formula is C15H18ClN4O+. The van der Waals surface area contributed by atoms with Crippen LogP contribution < -0.4 is 9.63 Å². The minimum Gasteiger partial charge on any atom is -0.372 e. The molecule has 0 bridgehead atoms. The normalized spacial score (nSPS) is 11.0. The van der Waals surface area contributed by atoms with Crippen LogP contribution in [0.2, 0.25) is 5.02 Å². The van der Waals surface area contributed by atoms with Crippen LogP contribution in [0.5, 0.6) is 0 Å². The minimum absolute atomic E-state index is 0.312. The van der Waals surface area contributed by atoms with Crippen LogP contribution in [0.4, 0.5) is 17.2 Å². The number of rotatable bonds is 5. The quantitative estimate of drug-likeness (QED) is 0.513. The first-order valence-corrected chi connectivity index (χ1v) is 7.19. The number of hydrogen-bond acceptors (Lipinski definition) is 4. The van der Waals surface area contributed by atoms with E-state index in [9.17, 15) is 5.21 Å². The number of azo groups is 1. The maximum Gasteiger partial charge on any atom is 0.388 e. The molecule has 0 unspecified atom stereocenters. The van der Waals surface area contributed by atoms with Crippen LogP contribution in [0, 0.1) is 0 Å². The lowest BCUT2D eigenvalue weighted by atomic mass is 10.2. The molecule has 2 rings (SSSR count). The lowest BCUT2D eigenvalue weighted by molar-refractivity contribution is -0.894. The van der Waals surface area contributed by atoms with E-state index in [1.165, 1.54) is 6.20 Å². The van der Waals surface area contributed by atoms with Crippen molar-refractivity contribution < 1.29 is 9.94 Å². The molecule has 2 aromatic rings. The summed E-state index contributed by atoms with van der Waals surface area (Å²) < 4.78 is 0.843. The van der Waals surface area contributed by atoms with Gasteiger partial charge in [-0.15, -0.1) is 0 Å². The molecule has 5 nitrogen and oxygen atoms in total. The number of hydrogen-bond donors (Lipinski definition) is 1. The summed E-state index contributed by atoms with van der Waals surface area (Å²) in [5.41, 5.74) is 1.88. The summed E-state index contributed by atoms with van der Waals surface area (Å²) in [6, 6.07) is 11.1. The third kappa shape index (κ3) is 3.92. The number of benzene rings is 1. The van der Waals surface area contributed by atoms with E-state index in [1.807, 2.05) is 24.3 Å². The average Bonchev–Trinajstić information content (AvgIpc) is 2.49. The maximum atomic E-state index is 9.62. The van der Waals surface area contributed by atoms with E-state index in [4.69, 9.17) is 11.6 Å². The van der Waals surface area contributed by atoms with Gasteiger partial charge in [-0.1, -0.05) is 11.6 Å². The van der Waals surface area contributed by atoms with Crippen molar-refractivity contribution in [3.63, 3.8) is 0 Å². The summed E-state index contributed by atoms with van der Waals surface area (Å²) in [4.78, 5) is 2.25. The zero-order valence-corrected chi connectivity index (χ0v) is 12.8. The van der Waals surface area contributed by atoms with Gasteiger partial charge in [-0.25, -0.2) is 0 Å². The Morgan fingerprint density at radius 3 is 2.29 bits per heavy atom. The molecule has 21 heavy (non-hydrogen) atoms. The molecule has 110 valence electrons. The number of aromatic nitrogens is 1. The lowest BCUT2D eigenvalue weighted by Crippen LogP contribution is -2.29. The highest BCUT2D eigenvalue weighted by Gasteiger charge is 2.09. The molecule has 0 aliphatic rings. The van der Waals surface area contributed by atoms with Crippen LogP contribution in [0.15, 0.2) is 52.8 Å². The van der Waals surface area contributed by atoms with Gasteiger partial charge in [0.2, 0.25) is 0 Å². The predicted molar refractivity (Wildman–Crippen MR) is 83.0 cm³/mol. The fourth-order valence-electron chi connectivity index (χ4n) is 1.96. The second-order valence-corrected chi connectivity index (χ2v) is 4.88. The average molecular weight is 306 g/mol. The molecule has 0 amide bonds. The van der Waals surface area contributed by atoms with E-state index in [2.05, 4.69) is 29.0 Å². The van der Waals surface area contributed by atoms with Crippen molar-refractivity contribution in [1.82, 2.24) is 0 Å². The smallest absolute Gasteiger partial charge is 0.372 e. The molecule has 6 heteroatoms. The highest BCUT2D eigenvalue weighted by Crippen LogP contribution is 2.21. The van der Waals surface area contributed by atoms with E-state index in [-0.39, 0.29) is 0 Å². The van der Waals surface area contributed by atoms with Crippen molar-refractivity contribution in [2.24, 2.45) is 10.2 Å². The van der Waals surface area contributed by atoms with E-state index in [0.29, 0.717) is 10.8 Å². The molecule has 0 spiro atoms. The molecule has 0 fully saturated rings. The van der Waals surface area contributed by atoms with Crippen molar-refractivity contribution in [2.45, 2.75) is 13.8 Å². The highest BCUT2D eigenvalue weighted by atomic mass is 35.5. The van der Waals surface area contributed by atoms with Gasteiger partial charge >= 0.3 is 5.82 Å². The van der Waals surface area contributed by atoms with Gasteiger partial charge in [-0.2, -0.15) is 0 Å². The van der Waals surface area contributed by atoms with Crippen molar-refractivity contribution in [1.29, 1.82) is 0 Å². The van der Waals surface area contributed by atoms with Crippen molar-refractivity contribution >= 4 is 28.8 Å². The van der Waals surface area contributed by atoms with Crippen LogP contribution >= 0.6 is 11.6 Å². The largest absolute Gasteiger partial charge is 0.388 e. The Morgan fingerprint density at radius 1 is 1.05 bits per heavy atom. The Morgan fingerprint density at radius 2 is 1.71 bits per heavy atom. The van der Waals surface area contributed by atoms with Crippen molar-refractivity contribution in [3.05, 3.63) is 47.6 Å². The predicted octanol–water partition coefficient (Wildman–Crippen LogP) is 4.13. The van der Waals surface area contributed by atoms with E-state index in [1.54, 1.807) is 12.1 Å². The Bertz CT molecular complexity index is 624. The molecule has 0 saturated heterocycles. The van der Waals surface area contributed by atoms with E-state index >= 15 is 0 Å². The zero-order valence-electron chi connectivity index (χ0n) is 12.1. The van der Waals surface area contributed by atoms with Gasteiger partial charge in [-0.05, 0) is 54.0 Å². The standard InChI is InChI=1S/C15H18ClN4O/c1-3-19(4-2)14-8-6-13(7-9-14)17-18-15-10-5-12(16)11-20(15)21/h5-11,21H,3-4H2,1-2H3/q+1. The fraction of sp³-hybridized carbons (Fsp3) is 0.267. The first kappa shape index (κ1) is 15.3. The van der Waals surface area contributed by atoms with Gasteiger partial charge in [0.15, 0.2) is 6.20 Å². The highest BCUT2D eigenvalue weighted by molar-refractivity contribution is 6.30. The summed E-state index contributed by atoms with van der Waals surface area (Å²) in [6.07, 6.45) is 1.36. The summed E-state index contributed by atoms with van der Waals surface area (Å²) in [5, 5.41) is 18.2. The first-order chi connectivity index (χ1) is 10.1. The fourth-order valence-corrected chi connectivity index (χ4v) is 2.12. The molecular weight excluding hydrogens is 288 g/mol. The van der Waals surface area contributed by atoms with Crippen LogP contribution in [-0.4, -0.2) is 18.3 Å². The summed E-state index contributed by atoms with van der Waals surface area (Å²) in [7, 11) is 0. The Hall–Kier alpha value is -2.14. The molecule has 0 atom stereocenters. The summed E-state index contributed by atoms with van der Waals surface area (Å²) in [5.74, 6) is 0.312. The third-order valence-corrected chi connectivity index (χ3v) is 3.34. The maximum absolute atomic E-state index is 9.62. The van der Waals surface area contributed by atoms with Gasteiger partial charge in [-0.3, -0.25) is 0 Å². The number of nitrogens with zero attached hydrogens (tertiary/aromatic N) is 4. The Labute approximate surface area is 129 Å². The number of pyridine rings is 1. The molecule has 0 aliphatic carbocycles. The topological polar surface area (TPSA) is 52.1 Å². The zero-order chi connectivity index (χ0) is 15.2. The molecule has 1 N–H and O–H groups in total. The summed E-state index contributed by atoms with van der Waals surface area (Å²) >= 11 is 5.75. The molecule has 1 aromatic heterocycles. The van der Waals surface area contributed by atoms with Gasteiger partial charge in [0, 0.05) is 24.8 Å². The molecule has 0 radical (unpaired) electrons. The minimum atomic E-state index is 0.312. The second-order valence-electron chi connectivity index (χ2n) is 4.44. The monoisotopic (exact) mass is 305 g/mol. The molecule has 0 aliphatic heterocycles. The van der Waals surface area contributed by atoms with Crippen molar-refractivity contribution in [2.75, 3.05) is 18.0 Å². The van der Waals surface area contributed by atoms with Gasteiger partial charge in [0.05, 0.1) is 10.1 Å². The van der Waals surface area contributed by atoms with Gasteiger partial charge < -0.3 is 10.1 Å². The Balaban J connectivity index is 2.14. The van der Waals surface area contributed by atoms with E-state index in [0.717, 1.165) is 29.2 Å².